The standard InChI is InChI=1S/C14H26N2O2/c15-11-7-6-10-13(16)14(17)18-12-8-4-2-1-3-5-9-12/h1-2,12-13H,3-11,15-16H2/b2-1+/t12?,13-/m0/s1. The van der Waals surface area contributed by atoms with Crippen molar-refractivity contribution in [1.82, 2.24) is 0 Å². The largest absolute Gasteiger partial charge is 0.461 e. The fourth-order valence-corrected chi connectivity index (χ4v) is 2.12. The molecular weight excluding hydrogens is 228 g/mol. The number of esters is 1. The van der Waals surface area contributed by atoms with Crippen LogP contribution >= 0.6 is 0 Å². The molecule has 0 radical (unpaired) electrons. The highest BCUT2D eigenvalue weighted by Crippen LogP contribution is 2.16. The minimum absolute atomic E-state index is 0.0445. The van der Waals surface area contributed by atoms with E-state index in [2.05, 4.69) is 12.2 Å². The van der Waals surface area contributed by atoms with Crippen molar-refractivity contribution in [3.63, 3.8) is 0 Å². The van der Waals surface area contributed by atoms with Crippen LogP contribution in [0.2, 0.25) is 0 Å². The van der Waals surface area contributed by atoms with Gasteiger partial charge in [0, 0.05) is 0 Å². The molecule has 1 rings (SSSR count). The number of nitrogens with two attached hydrogens (primary N) is 2. The van der Waals surface area contributed by atoms with E-state index < -0.39 is 6.04 Å². The summed E-state index contributed by atoms with van der Waals surface area (Å²) in [6, 6.07) is -0.488. The summed E-state index contributed by atoms with van der Waals surface area (Å²) in [6.45, 7) is 0.650. The lowest BCUT2D eigenvalue weighted by molar-refractivity contribution is -0.151. The van der Waals surface area contributed by atoms with Gasteiger partial charge in [0.1, 0.15) is 12.1 Å². The number of rotatable bonds is 6. The molecule has 2 atom stereocenters. The van der Waals surface area contributed by atoms with Gasteiger partial charge in [-0.2, -0.15) is 0 Å². The van der Waals surface area contributed by atoms with Crippen molar-refractivity contribution in [2.45, 2.75) is 63.5 Å². The van der Waals surface area contributed by atoms with Gasteiger partial charge < -0.3 is 16.2 Å². The maximum Gasteiger partial charge on any atom is 0.323 e. The van der Waals surface area contributed by atoms with E-state index >= 15 is 0 Å². The molecule has 4 nitrogen and oxygen atoms in total. The minimum Gasteiger partial charge on any atom is -0.461 e. The summed E-state index contributed by atoms with van der Waals surface area (Å²) < 4.78 is 5.49. The van der Waals surface area contributed by atoms with Crippen molar-refractivity contribution in [3.05, 3.63) is 12.2 Å². The van der Waals surface area contributed by atoms with Crippen LogP contribution in [0.5, 0.6) is 0 Å². The van der Waals surface area contributed by atoms with Crippen LogP contribution in [-0.4, -0.2) is 24.7 Å². The van der Waals surface area contributed by atoms with Gasteiger partial charge in [-0.1, -0.05) is 18.6 Å². The monoisotopic (exact) mass is 254 g/mol. The van der Waals surface area contributed by atoms with Crippen molar-refractivity contribution in [3.8, 4) is 0 Å². The number of hydrogen-bond acceptors (Lipinski definition) is 4. The first kappa shape index (κ1) is 15.2. The van der Waals surface area contributed by atoms with Crippen molar-refractivity contribution in [2.24, 2.45) is 11.5 Å². The second-order valence-electron chi connectivity index (χ2n) is 4.93. The summed E-state index contributed by atoms with van der Waals surface area (Å²) in [5.41, 5.74) is 11.2. The van der Waals surface area contributed by atoms with Crippen molar-refractivity contribution >= 4 is 5.97 Å². The predicted molar refractivity (Wildman–Crippen MR) is 73.0 cm³/mol. The summed E-state index contributed by atoms with van der Waals surface area (Å²) in [5, 5.41) is 0. The second-order valence-corrected chi connectivity index (χ2v) is 4.93. The SMILES string of the molecule is NCCCC[C@H](N)C(=O)OC1CC/C=C/CCC1. The Morgan fingerprint density at radius 1 is 1.28 bits per heavy atom. The zero-order valence-electron chi connectivity index (χ0n) is 11.1. The first-order chi connectivity index (χ1) is 8.74. The third kappa shape index (κ3) is 6.17. The Morgan fingerprint density at radius 3 is 2.83 bits per heavy atom. The smallest absolute Gasteiger partial charge is 0.323 e. The number of unbranched alkanes of at least 4 members (excludes halogenated alkanes) is 1. The molecule has 0 bridgehead atoms. The second kappa shape index (κ2) is 9.11. The lowest BCUT2D eigenvalue weighted by Gasteiger charge is -2.20. The molecule has 4 heteroatoms. The molecule has 0 aliphatic heterocycles. The molecule has 0 aromatic carbocycles. The van der Waals surface area contributed by atoms with Gasteiger partial charge in [0.15, 0.2) is 0 Å². The maximum atomic E-state index is 11.8. The molecule has 104 valence electrons. The predicted octanol–water partition coefficient (Wildman–Crippen LogP) is 1.87. The van der Waals surface area contributed by atoms with Crippen molar-refractivity contribution in [1.29, 1.82) is 0 Å². The topological polar surface area (TPSA) is 78.3 Å². The summed E-state index contributed by atoms with van der Waals surface area (Å²) >= 11 is 0. The Labute approximate surface area is 110 Å². The van der Waals surface area contributed by atoms with Crippen molar-refractivity contribution < 1.29 is 9.53 Å². The Kier molecular flexibility index (Phi) is 7.69. The molecular formula is C14H26N2O2. The van der Waals surface area contributed by atoms with Crippen LogP contribution < -0.4 is 11.5 Å². The Bertz CT molecular complexity index is 267. The van der Waals surface area contributed by atoms with Crippen molar-refractivity contribution in [2.75, 3.05) is 6.54 Å². The van der Waals surface area contributed by atoms with E-state index in [4.69, 9.17) is 16.2 Å². The molecule has 0 saturated heterocycles. The molecule has 0 aromatic rings. The van der Waals surface area contributed by atoms with Crippen LogP contribution in [-0.2, 0) is 9.53 Å². The van der Waals surface area contributed by atoms with Crippen LogP contribution in [0.1, 0.15) is 51.4 Å². The fraction of sp³-hybridized carbons (Fsp3) is 0.786. The number of allylic oxidation sites excluding steroid dienone is 2. The van der Waals surface area contributed by atoms with E-state index in [1.54, 1.807) is 0 Å². The van der Waals surface area contributed by atoms with E-state index in [0.29, 0.717) is 13.0 Å². The number of carbonyl (C=O) groups excluding carboxylic acids is 1. The summed E-state index contributed by atoms with van der Waals surface area (Å²) in [7, 11) is 0. The van der Waals surface area contributed by atoms with Crippen LogP contribution in [0.3, 0.4) is 0 Å². The maximum absolute atomic E-state index is 11.8. The van der Waals surface area contributed by atoms with Gasteiger partial charge in [0.2, 0.25) is 0 Å². The van der Waals surface area contributed by atoms with Gasteiger partial charge in [-0.15, -0.1) is 0 Å². The normalized spacial score (nSPS) is 23.8. The number of carbonyl (C=O) groups is 1. The van der Waals surface area contributed by atoms with Gasteiger partial charge in [-0.25, -0.2) is 0 Å². The highest BCUT2D eigenvalue weighted by atomic mass is 16.5. The average molecular weight is 254 g/mol. The van der Waals surface area contributed by atoms with E-state index in [9.17, 15) is 4.79 Å². The van der Waals surface area contributed by atoms with E-state index in [1.165, 1.54) is 0 Å². The highest BCUT2D eigenvalue weighted by molar-refractivity contribution is 5.75. The summed E-state index contributed by atoms with van der Waals surface area (Å²) in [6.07, 6.45) is 11.9. The van der Waals surface area contributed by atoms with Gasteiger partial charge in [0.05, 0.1) is 0 Å². The molecule has 0 heterocycles. The fourth-order valence-electron chi connectivity index (χ4n) is 2.12. The van der Waals surface area contributed by atoms with Crippen LogP contribution in [0.15, 0.2) is 12.2 Å². The van der Waals surface area contributed by atoms with E-state index in [-0.39, 0.29) is 12.1 Å². The Hall–Kier alpha value is -0.870. The van der Waals surface area contributed by atoms with E-state index in [0.717, 1.165) is 44.9 Å². The lowest BCUT2D eigenvalue weighted by atomic mass is 10.0. The Morgan fingerprint density at radius 2 is 2.06 bits per heavy atom. The summed E-state index contributed by atoms with van der Waals surface area (Å²) in [4.78, 5) is 11.8. The Balaban J connectivity index is 2.26. The first-order valence-corrected chi connectivity index (χ1v) is 7.05. The zero-order chi connectivity index (χ0) is 13.2. The summed E-state index contributed by atoms with van der Waals surface area (Å²) in [5.74, 6) is -0.249. The molecule has 18 heavy (non-hydrogen) atoms. The molecule has 0 amide bonds. The molecule has 0 spiro atoms. The lowest BCUT2D eigenvalue weighted by Crippen LogP contribution is -2.35. The van der Waals surface area contributed by atoms with Gasteiger partial charge in [0.25, 0.3) is 0 Å². The number of hydrogen-bond donors (Lipinski definition) is 2. The molecule has 1 aliphatic rings. The zero-order valence-corrected chi connectivity index (χ0v) is 11.1. The van der Waals surface area contributed by atoms with E-state index in [1.807, 2.05) is 0 Å². The van der Waals surface area contributed by atoms with Crippen LogP contribution in [0.4, 0.5) is 0 Å². The molecule has 0 aromatic heterocycles. The molecule has 4 N–H and O–H groups in total. The molecule has 1 aliphatic carbocycles. The first-order valence-electron chi connectivity index (χ1n) is 7.05. The third-order valence-corrected chi connectivity index (χ3v) is 3.27. The van der Waals surface area contributed by atoms with Crippen LogP contribution in [0.25, 0.3) is 0 Å². The third-order valence-electron chi connectivity index (χ3n) is 3.27. The highest BCUT2D eigenvalue weighted by Gasteiger charge is 2.19. The van der Waals surface area contributed by atoms with Crippen LogP contribution in [0, 0.1) is 0 Å². The van der Waals surface area contributed by atoms with Gasteiger partial charge in [-0.05, 0) is 51.5 Å². The molecule has 1 unspecified atom stereocenters. The molecule has 0 fully saturated rings. The van der Waals surface area contributed by atoms with Gasteiger partial charge in [-0.3, -0.25) is 4.79 Å². The van der Waals surface area contributed by atoms with Gasteiger partial charge >= 0.3 is 5.97 Å². The number of ether oxygens (including phenoxy) is 1. The average Bonchev–Trinajstić information content (AvgIpc) is 2.32. The molecule has 0 saturated carbocycles. The quantitative estimate of drug-likeness (QED) is 0.431. The minimum atomic E-state index is -0.488.